The van der Waals surface area contributed by atoms with Gasteiger partial charge in [-0.05, 0) is 24.6 Å². The summed E-state index contributed by atoms with van der Waals surface area (Å²) in [5, 5.41) is 7.68. The highest BCUT2D eigenvalue weighted by Gasteiger charge is 2.09. The summed E-state index contributed by atoms with van der Waals surface area (Å²) in [6.07, 6.45) is 2.94. The van der Waals surface area contributed by atoms with Crippen LogP contribution in [-0.4, -0.2) is 24.3 Å². The van der Waals surface area contributed by atoms with Crippen LogP contribution in [0.3, 0.4) is 0 Å². The van der Waals surface area contributed by atoms with Gasteiger partial charge < -0.3 is 5.32 Å². The number of nitrogens with two attached hydrogens (primary N) is 1. The molecule has 110 valence electrons. The van der Waals surface area contributed by atoms with Crippen LogP contribution >= 0.6 is 0 Å². The normalized spacial score (nSPS) is 11.1. The van der Waals surface area contributed by atoms with Crippen LogP contribution in [0.25, 0.3) is 0 Å². The van der Waals surface area contributed by atoms with Crippen molar-refractivity contribution in [3.05, 3.63) is 53.6 Å². The van der Waals surface area contributed by atoms with Crippen LogP contribution in [0.1, 0.15) is 21.7 Å². The van der Waals surface area contributed by atoms with Crippen LogP contribution in [0, 0.1) is 6.92 Å². The first-order chi connectivity index (χ1) is 9.86. The molecule has 0 bridgehead atoms. The van der Waals surface area contributed by atoms with Crippen molar-refractivity contribution in [3.8, 4) is 0 Å². The highest BCUT2D eigenvalue weighted by atomic mass is 32.2. The van der Waals surface area contributed by atoms with E-state index in [1.54, 1.807) is 25.3 Å². The van der Waals surface area contributed by atoms with Crippen molar-refractivity contribution >= 4 is 15.9 Å². The summed E-state index contributed by atoms with van der Waals surface area (Å²) >= 11 is 0. The molecule has 0 aliphatic rings. The molecule has 3 N–H and O–H groups in total. The smallest absolute Gasteiger partial charge is 0.271 e. The van der Waals surface area contributed by atoms with Crippen molar-refractivity contribution < 1.29 is 13.2 Å². The predicted molar refractivity (Wildman–Crippen MR) is 75.8 cm³/mol. The fourth-order valence-corrected chi connectivity index (χ4v) is 2.16. The number of primary sulfonamides is 1. The van der Waals surface area contributed by atoms with Gasteiger partial charge in [-0.25, -0.2) is 18.5 Å². The lowest BCUT2D eigenvalue weighted by atomic mass is 10.2. The van der Waals surface area contributed by atoms with Gasteiger partial charge in [0.25, 0.3) is 5.91 Å². The van der Waals surface area contributed by atoms with E-state index in [2.05, 4.69) is 15.3 Å². The number of aryl methyl sites for hydroxylation is 1. The minimum absolute atomic E-state index is 0.0297. The zero-order valence-electron chi connectivity index (χ0n) is 11.3. The minimum Gasteiger partial charge on any atom is -0.347 e. The van der Waals surface area contributed by atoms with E-state index in [9.17, 15) is 13.2 Å². The Bertz CT molecular complexity index is 757. The highest BCUT2D eigenvalue weighted by Crippen LogP contribution is 2.08. The molecule has 0 saturated carbocycles. The molecule has 0 aliphatic carbocycles. The number of rotatable bonds is 4. The monoisotopic (exact) mass is 306 g/mol. The van der Waals surface area contributed by atoms with Crippen molar-refractivity contribution in [2.45, 2.75) is 18.4 Å². The molecule has 0 saturated heterocycles. The van der Waals surface area contributed by atoms with Crippen molar-refractivity contribution in [2.24, 2.45) is 5.14 Å². The van der Waals surface area contributed by atoms with E-state index in [0.29, 0.717) is 5.69 Å². The molecule has 21 heavy (non-hydrogen) atoms. The maximum atomic E-state index is 11.9. The number of nitrogens with zero attached hydrogens (tertiary/aromatic N) is 2. The summed E-state index contributed by atoms with van der Waals surface area (Å²) in [4.78, 5) is 19.9. The fourth-order valence-electron chi connectivity index (χ4n) is 1.64. The van der Waals surface area contributed by atoms with Crippen LogP contribution in [0.2, 0.25) is 0 Å². The molecule has 7 nitrogen and oxygen atoms in total. The SMILES string of the molecule is Cc1cncc(C(=O)NCc2ccc(S(N)(=O)=O)cc2)n1. The van der Waals surface area contributed by atoms with Crippen molar-refractivity contribution in [1.82, 2.24) is 15.3 Å². The maximum Gasteiger partial charge on any atom is 0.271 e. The number of sulfonamides is 1. The number of nitrogens with one attached hydrogen (secondary N) is 1. The molecule has 0 aliphatic heterocycles. The van der Waals surface area contributed by atoms with Gasteiger partial charge in [0, 0.05) is 12.7 Å². The molecule has 1 heterocycles. The number of carbonyl (C=O) groups is 1. The topological polar surface area (TPSA) is 115 Å². The van der Waals surface area contributed by atoms with E-state index in [4.69, 9.17) is 5.14 Å². The fraction of sp³-hybridized carbons (Fsp3) is 0.154. The maximum absolute atomic E-state index is 11.9. The Balaban J connectivity index is 2.02. The van der Waals surface area contributed by atoms with Gasteiger partial charge in [-0.15, -0.1) is 0 Å². The quantitative estimate of drug-likeness (QED) is 0.846. The molecule has 0 unspecified atom stereocenters. The van der Waals surface area contributed by atoms with Gasteiger partial charge >= 0.3 is 0 Å². The van der Waals surface area contributed by atoms with Gasteiger partial charge in [0.2, 0.25) is 10.0 Å². The lowest BCUT2D eigenvalue weighted by Crippen LogP contribution is -2.24. The van der Waals surface area contributed by atoms with Gasteiger partial charge in [0.05, 0.1) is 16.8 Å². The van der Waals surface area contributed by atoms with E-state index in [-0.39, 0.29) is 23.0 Å². The molecule has 1 aromatic heterocycles. The van der Waals surface area contributed by atoms with Crippen molar-refractivity contribution in [2.75, 3.05) is 0 Å². The molecule has 8 heteroatoms. The van der Waals surface area contributed by atoms with Crippen LogP contribution in [0.4, 0.5) is 0 Å². The Morgan fingerprint density at radius 1 is 1.24 bits per heavy atom. The van der Waals surface area contributed by atoms with Crippen molar-refractivity contribution in [3.63, 3.8) is 0 Å². The van der Waals surface area contributed by atoms with Crippen LogP contribution < -0.4 is 10.5 Å². The predicted octanol–water partition coefficient (Wildman–Crippen LogP) is 0.362. The molecule has 0 radical (unpaired) electrons. The molecular formula is C13H14N4O3S. The van der Waals surface area contributed by atoms with Gasteiger partial charge in [-0.2, -0.15) is 0 Å². The summed E-state index contributed by atoms with van der Waals surface area (Å²) in [5.41, 5.74) is 1.63. The molecule has 1 aromatic carbocycles. The summed E-state index contributed by atoms with van der Waals surface area (Å²) in [6, 6.07) is 5.95. The van der Waals surface area contributed by atoms with Crippen LogP contribution in [0.15, 0.2) is 41.6 Å². The van der Waals surface area contributed by atoms with Gasteiger partial charge in [0.15, 0.2) is 0 Å². The van der Waals surface area contributed by atoms with E-state index in [1.807, 2.05) is 0 Å². The summed E-state index contributed by atoms with van der Waals surface area (Å²) < 4.78 is 22.2. The Kier molecular flexibility index (Phi) is 4.29. The number of amides is 1. The molecular weight excluding hydrogens is 292 g/mol. The third-order valence-corrected chi connectivity index (χ3v) is 3.62. The second-order valence-corrected chi connectivity index (χ2v) is 5.98. The van der Waals surface area contributed by atoms with Crippen LogP contribution in [0.5, 0.6) is 0 Å². The van der Waals surface area contributed by atoms with Gasteiger partial charge in [0.1, 0.15) is 5.69 Å². The summed E-state index contributed by atoms with van der Waals surface area (Å²) in [6.45, 7) is 2.00. The first-order valence-electron chi connectivity index (χ1n) is 6.05. The van der Waals surface area contributed by atoms with E-state index < -0.39 is 10.0 Å². The highest BCUT2D eigenvalue weighted by molar-refractivity contribution is 7.89. The molecule has 2 rings (SSSR count). The zero-order valence-corrected chi connectivity index (χ0v) is 12.1. The number of benzene rings is 1. The van der Waals surface area contributed by atoms with Crippen molar-refractivity contribution in [1.29, 1.82) is 0 Å². The first-order valence-corrected chi connectivity index (χ1v) is 7.59. The molecule has 2 aromatic rings. The number of carbonyl (C=O) groups excluding carboxylic acids is 1. The van der Waals surface area contributed by atoms with E-state index >= 15 is 0 Å². The largest absolute Gasteiger partial charge is 0.347 e. The number of hydrogen-bond acceptors (Lipinski definition) is 5. The third kappa shape index (κ3) is 4.07. The second kappa shape index (κ2) is 5.98. The average Bonchev–Trinajstić information content (AvgIpc) is 2.44. The zero-order chi connectivity index (χ0) is 15.5. The molecule has 0 atom stereocenters. The summed E-state index contributed by atoms with van der Waals surface area (Å²) in [5.74, 6) is -0.346. The number of aromatic nitrogens is 2. The van der Waals surface area contributed by atoms with Gasteiger partial charge in [-0.3, -0.25) is 9.78 Å². The number of hydrogen-bond donors (Lipinski definition) is 2. The van der Waals surface area contributed by atoms with E-state index in [1.165, 1.54) is 18.3 Å². The molecule has 1 amide bonds. The Morgan fingerprint density at radius 3 is 2.48 bits per heavy atom. The first kappa shape index (κ1) is 15.1. The Labute approximate surface area is 122 Å². The Morgan fingerprint density at radius 2 is 1.90 bits per heavy atom. The second-order valence-electron chi connectivity index (χ2n) is 4.42. The van der Waals surface area contributed by atoms with Crippen LogP contribution in [-0.2, 0) is 16.6 Å². The summed E-state index contributed by atoms with van der Waals surface area (Å²) in [7, 11) is -3.70. The Hall–Kier alpha value is -2.32. The van der Waals surface area contributed by atoms with Gasteiger partial charge in [-0.1, -0.05) is 12.1 Å². The molecule has 0 fully saturated rings. The van der Waals surface area contributed by atoms with E-state index in [0.717, 1.165) is 5.56 Å². The standard InChI is InChI=1S/C13H14N4O3S/c1-9-6-15-8-12(17-9)13(18)16-7-10-2-4-11(5-3-10)21(14,19)20/h2-6,8H,7H2,1H3,(H,16,18)(H2,14,19,20). The lowest BCUT2D eigenvalue weighted by molar-refractivity contribution is 0.0945. The minimum atomic E-state index is -3.70. The third-order valence-electron chi connectivity index (χ3n) is 2.69. The lowest BCUT2D eigenvalue weighted by Gasteiger charge is -2.06. The molecule has 0 spiro atoms. The average molecular weight is 306 g/mol.